The topological polar surface area (TPSA) is 84.6 Å². The average Bonchev–Trinajstić information content (AvgIpc) is 2.73. The number of hydrogen-bond donors (Lipinski definition) is 1. The molecule has 88 valence electrons. The Morgan fingerprint density at radius 1 is 1.69 bits per heavy atom. The number of carbonyl (C=O) groups is 2. The minimum atomic E-state index is -0.980. The van der Waals surface area contributed by atoms with E-state index in [0.29, 0.717) is 18.2 Å². The highest BCUT2D eigenvalue weighted by Gasteiger charge is 2.35. The Bertz CT molecular complexity index is 328. The van der Waals surface area contributed by atoms with Gasteiger partial charge in [-0.2, -0.15) is 5.26 Å². The number of carbonyl (C=O) groups excluding carboxylic acids is 1. The number of nitrogens with zero attached hydrogens (tertiary/aromatic N) is 3. The molecule has 1 atom stereocenters. The van der Waals surface area contributed by atoms with Crippen LogP contribution in [-0.2, 0) is 4.79 Å². The fraction of sp³-hybridized carbons (Fsp3) is 0.667. The summed E-state index contributed by atoms with van der Waals surface area (Å²) >= 11 is 1.42. The van der Waals surface area contributed by atoms with E-state index in [-0.39, 0.29) is 12.5 Å². The molecule has 0 bridgehead atoms. The quantitative estimate of drug-likeness (QED) is 0.776. The molecule has 0 aromatic carbocycles. The molecule has 6 nitrogen and oxygen atoms in total. The third-order valence-electron chi connectivity index (χ3n) is 2.30. The third-order valence-corrected chi connectivity index (χ3v) is 3.31. The van der Waals surface area contributed by atoms with Crippen molar-refractivity contribution in [2.24, 2.45) is 0 Å². The first-order chi connectivity index (χ1) is 7.57. The highest BCUT2D eigenvalue weighted by Crippen LogP contribution is 2.22. The Hall–Kier alpha value is -1.42. The van der Waals surface area contributed by atoms with Gasteiger partial charge in [-0.3, -0.25) is 0 Å². The van der Waals surface area contributed by atoms with Crippen molar-refractivity contribution < 1.29 is 14.7 Å². The summed E-state index contributed by atoms with van der Waals surface area (Å²) < 4.78 is 0. The zero-order valence-electron chi connectivity index (χ0n) is 8.92. The van der Waals surface area contributed by atoms with Crippen LogP contribution in [0.2, 0.25) is 0 Å². The molecule has 1 heterocycles. The highest BCUT2D eigenvalue weighted by molar-refractivity contribution is 7.99. The lowest BCUT2D eigenvalue weighted by Gasteiger charge is -2.26. The molecule has 0 aromatic rings. The van der Waals surface area contributed by atoms with Crippen LogP contribution < -0.4 is 0 Å². The van der Waals surface area contributed by atoms with Gasteiger partial charge in [0.2, 0.25) is 0 Å². The normalized spacial score (nSPS) is 19.2. The van der Waals surface area contributed by atoms with Gasteiger partial charge in [0.15, 0.2) is 0 Å². The predicted octanol–water partition coefficient (Wildman–Crippen LogP) is 0.411. The molecule has 1 aliphatic heterocycles. The molecule has 1 unspecified atom stereocenters. The Morgan fingerprint density at radius 2 is 2.38 bits per heavy atom. The summed E-state index contributed by atoms with van der Waals surface area (Å²) in [5.74, 6) is -0.160. The first-order valence-corrected chi connectivity index (χ1v) is 5.92. The molecule has 1 rings (SSSR count). The fourth-order valence-electron chi connectivity index (χ4n) is 1.37. The summed E-state index contributed by atoms with van der Waals surface area (Å²) in [6, 6.07) is 0.870. The Balaban J connectivity index is 2.59. The average molecular weight is 243 g/mol. The lowest BCUT2D eigenvalue weighted by Crippen LogP contribution is -2.47. The monoisotopic (exact) mass is 243 g/mol. The maximum Gasteiger partial charge on any atom is 0.327 e. The van der Waals surface area contributed by atoms with E-state index in [1.165, 1.54) is 21.6 Å². The van der Waals surface area contributed by atoms with E-state index >= 15 is 0 Å². The Labute approximate surface area is 97.8 Å². The molecule has 2 amide bonds. The maximum atomic E-state index is 11.8. The van der Waals surface area contributed by atoms with Crippen LogP contribution in [0.3, 0.4) is 0 Å². The number of amides is 2. The Morgan fingerprint density at radius 3 is 2.94 bits per heavy atom. The van der Waals surface area contributed by atoms with Gasteiger partial charge in [-0.05, 0) is 0 Å². The number of rotatable bonds is 3. The summed E-state index contributed by atoms with van der Waals surface area (Å²) in [6.45, 7) is 0.322. The van der Waals surface area contributed by atoms with E-state index in [9.17, 15) is 9.59 Å². The molecule has 1 N–H and O–H groups in total. The van der Waals surface area contributed by atoms with Crippen LogP contribution in [0.25, 0.3) is 0 Å². The van der Waals surface area contributed by atoms with E-state index in [2.05, 4.69) is 0 Å². The van der Waals surface area contributed by atoms with Crippen molar-refractivity contribution in [3.05, 3.63) is 0 Å². The maximum absolute atomic E-state index is 11.8. The third kappa shape index (κ3) is 2.79. The number of urea groups is 1. The summed E-state index contributed by atoms with van der Waals surface area (Å²) in [4.78, 5) is 25.4. The van der Waals surface area contributed by atoms with Gasteiger partial charge in [0.1, 0.15) is 6.04 Å². The molecular formula is C9H13N3O3S. The molecule has 1 saturated heterocycles. The summed E-state index contributed by atoms with van der Waals surface area (Å²) in [7, 11) is 1.57. The SMILES string of the molecule is CN(CCC#N)C(=O)N1CSCC1C(=O)O. The van der Waals surface area contributed by atoms with E-state index < -0.39 is 12.0 Å². The van der Waals surface area contributed by atoms with Crippen molar-refractivity contribution in [3.8, 4) is 6.07 Å². The van der Waals surface area contributed by atoms with E-state index in [1.54, 1.807) is 7.05 Å². The van der Waals surface area contributed by atoms with E-state index in [0.717, 1.165) is 0 Å². The lowest BCUT2D eigenvalue weighted by atomic mass is 10.3. The van der Waals surface area contributed by atoms with E-state index in [1.807, 2.05) is 6.07 Å². The zero-order chi connectivity index (χ0) is 12.1. The number of thioether (sulfide) groups is 1. The van der Waals surface area contributed by atoms with Gasteiger partial charge in [0, 0.05) is 19.3 Å². The van der Waals surface area contributed by atoms with Gasteiger partial charge >= 0.3 is 12.0 Å². The van der Waals surface area contributed by atoms with Crippen LogP contribution in [0.4, 0.5) is 4.79 Å². The second-order valence-corrected chi connectivity index (χ2v) is 4.44. The Kier molecular flexibility index (Phi) is 4.43. The molecule has 0 saturated carbocycles. The molecule has 1 aliphatic rings. The minimum Gasteiger partial charge on any atom is -0.480 e. The summed E-state index contributed by atoms with van der Waals surface area (Å²) in [6.07, 6.45) is 0.251. The number of carboxylic acid groups (broad SMARTS) is 1. The summed E-state index contributed by atoms with van der Waals surface area (Å²) in [5.41, 5.74) is 0. The lowest BCUT2D eigenvalue weighted by molar-refractivity contribution is -0.140. The van der Waals surface area contributed by atoms with Crippen LogP contribution in [0.1, 0.15) is 6.42 Å². The zero-order valence-corrected chi connectivity index (χ0v) is 9.74. The molecule has 0 spiro atoms. The molecule has 1 fully saturated rings. The predicted molar refractivity (Wildman–Crippen MR) is 58.8 cm³/mol. The van der Waals surface area contributed by atoms with Crippen molar-refractivity contribution in [2.45, 2.75) is 12.5 Å². The molecule has 0 aromatic heterocycles. The second-order valence-electron chi connectivity index (χ2n) is 3.44. The number of nitriles is 1. The minimum absolute atomic E-state index is 0.251. The van der Waals surface area contributed by atoms with Crippen LogP contribution in [0.15, 0.2) is 0 Å². The smallest absolute Gasteiger partial charge is 0.327 e. The number of aliphatic carboxylic acids is 1. The number of hydrogen-bond acceptors (Lipinski definition) is 4. The molecule has 0 radical (unpaired) electrons. The number of carboxylic acids is 1. The fourth-order valence-corrected chi connectivity index (χ4v) is 2.51. The first-order valence-electron chi connectivity index (χ1n) is 4.77. The summed E-state index contributed by atoms with van der Waals surface area (Å²) in [5, 5.41) is 17.3. The van der Waals surface area contributed by atoms with E-state index in [4.69, 9.17) is 10.4 Å². The second kappa shape index (κ2) is 5.61. The van der Waals surface area contributed by atoms with Crippen LogP contribution in [0, 0.1) is 11.3 Å². The van der Waals surface area contributed by atoms with Crippen molar-refractivity contribution in [3.63, 3.8) is 0 Å². The molecule has 0 aliphatic carbocycles. The molecular weight excluding hydrogens is 230 g/mol. The van der Waals surface area contributed by atoms with Gasteiger partial charge in [0.05, 0.1) is 18.4 Å². The van der Waals surface area contributed by atoms with Crippen molar-refractivity contribution >= 4 is 23.8 Å². The molecule has 16 heavy (non-hydrogen) atoms. The van der Waals surface area contributed by atoms with Gasteiger partial charge in [-0.25, -0.2) is 9.59 Å². The first kappa shape index (κ1) is 12.6. The van der Waals surface area contributed by atoms with Crippen molar-refractivity contribution in [1.82, 2.24) is 9.80 Å². The highest BCUT2D eigenvalue weighted by atomic mass is 32.2. The van der Waals surface area contributed by atoms with Crippen LogP contribution >= 0.6 is 11.8 Å². The van der Waals surface area contributed by atoms with Gasteiger partial charge in [-0.1, -0.05) is 0 Å². The molecule has 7 heteroatoms. The van der Waals surface area contributed by atoms with Crippen LogP contribution in [0.5, 0.6) is 0 Å². The largest absolute Gasteiger partial charge is 0.480 e. The van der Waals surface area contributed by atoms with Crippen molar-refractivity contribution in [1.29, 1.82) is 5.26 Å². The van der Waals surface area contributed by atoms with Crippen LogP contribution in [-0.4, -0.2) is 58.2 Å². The van der Waals surface area contributed by atoms with Gasteiger partial charge in [0.25, 0.3) is 0 Å². The van der Waals surface area contributed by atoms with Gasteiger partial charge < -0.3 is 14.9 Å². The van der Waals surface area contributed by atoms with Gasteiger partial charge in [-0.15, -0.1) is 11.8 Å². The van der Waals surface area contributed by atoms with Crippen molar-refractivity contribution in [2.75, 3.05) is 25.2 Å². The standard InChI is InChI=1S/C9H13N3O3S/c1-11(4-2-3-10)9(15)12-6-16-5-7(12)8(13)14/h7H,2,4-6H2,1H3,(H,13,14).